The topological polar surface area (TPSA) is 65.1 Å². The molecule has 1 saturated carbocycles. The Morgan fingerprint density at radius 2 is 1.61 bits per heavy atom. The van der Waals surface area contributed by atoms with Crippen molar-refractivity contribution in [2.75, 3.05) is 58.8 Å². The third-order valence-corrected chi connectivity index (χ3v) is 9.09. The van der Waals surface area contributed by atoms with Gasteiger partial charge in [0.2, 0.25) is 0 Å². The van der Waals surface area contributed by atoms with Gasteiger partial charge >= 0.3 is 0 Å². The van der Waals surface area contributed by atoms with E-state index in [1.54, 1.807) is 21.2 Å². The van der Waals surface area contributed by atoms with Gasteiger partial charge in [-0.2, -0.15) is 17.4 Å². The van der Waals surface area contributed by atoms with E-state index < -0.39 is 10.2 Å². The van der Waals surface area contributed by atoms with Gasteiger partial charge in [0.15, 0.2) is 0 Å². The second-order valence-corrected chi connectivity index (χ2v) is 11.9. The van der Waals surface area contributed by atoms with Gasteiger partial charge < -0.3 is 9.64 Å². The van der Waals surface area contributed by atoms with Crippen molar-refractivity contribution in [1.29, 1.82) is 0 Å². The average molecular weight is 537 g/mol. The number of methoxy groups -OCH3 is 1. The number of halogens is 1. The van der Waals surface area contributed by atoms with Crippen molar-refractivity contribution in [2.45, 2.75) is 38.1 Å². The van der Waals surface area contributed by atoms with Crippen molar-refractivity contribution in [1.82, 2.24) is 13.9 Å². The summed E-state index contributed by atoms with van der Waals surface area (Å²) in [6.07, 6.45) is 5.27. The van der Waals surface area contributed by atoms with E-state index in [4.69, 9.17) is 4.74 Å². The van der Waals surface area contributed by atoms with Crippen LogP contribution in [0.1, 0.15) is 32.1 Å². The predicted molar refractivity (Wildman–Crippen MR) is 150 cm³/mol. The van der Waals surface area contributed by atoms with Gasteiger partial charge in [-0.1, -0.05) is 36.4 Å². The highest BCUT2D eigenvalue weighted by Gasteiger charge is 2.27. The third-order valence-electron chi connectivity index (χ3n) is 7.50. The van der Waals surface area contributed by atoms with Gasteiger partial charge in [0.25, 0.3) is 10.2 Å². The SMILES string of the molecule is COc1cc(-c2ccccc2)ccc1N1CCN(CCC2CCC(NS(=O)(=O)N(C)C)CC2)CC1.Cl. The Kier molecular flexibility index (Phi) is 10.5. The number of piperazine rings is 1. The maximum Gasteiger partial charge on any atom is 0.279 e. The molecule has 2 aromatic rings. The zero-order valence-electron chi connectivity index (χ0n) is 21.7. The molecule has 4 rings (SSSR count). The summed E-state index contributed by atoms with van der Waals surface area (Å²) >= 11 is 0. The Hall–Kier alpha value is -1.84. The first-order chi connectivity index (χ1) is 16.9. The van der Waals surface area contributed by atoms with Crippen LogP contribution in [0.25, 0.3) is 11.1 Å². The quantitative estimate of drug-likeness (QED) is 0.519. The first-order valence-corrected chi connectivity index (χ1v) is 14.2. The van der Waals surface area contributed by atoms with Crippen molar-refractivity contribution in [3.8, 4) is 16.9 Å². The summed E-state index contributed by atoms with van der Waals surface area (Å²) < 4.78 is 34.0. The summed E-state index contributed by atoms with van der Waals surface area (Å²) in [5, 5.41) is 0. The molecule has 36 heavy (non-hydrogen) atoms. The summed E-state index contributed by atoms with van der Waals surface area (Å²) in [4.78, 5) is 5.01. The van der Waals surface area contributed by atoms with Crippen LogP contribution in [-0.2, 0) is 10.2 Å². The minimum Gasteiger partial charge on any atom is -0.495 e. The van der Waals surface area contributed by atoms with Crippen LogP contribution in [0.5, 0.6) is 5.75 Å². The lowest BCUT2D eigenvalue weighted by atomic mass is 9.84. The van der Waals surface area contributed by atoms with E-state index in [1.165, 1.54) is 27.5 Å². The van der Waals surface area contributed by atoms with Gasteiger partial charge in [-0.3, -0.25) is 4.90 Å². The summed E-state index contributed by atoms with van der Waals surface area (Å²) in [6.45, 7) is 5.24. The highest BCUT2D eigenvalue weighted by Crippen LogP contribution is 2.34. The molecule has 1 saturated heterocycles. The molecule has 2 aromatic carbocycles. The molecule has 0 atom stereocenters. The van der Waals surface area contributed by atoms with Crippen LogP contribution in [0, 0.1) is 5.92 Å². The molecule has 200 valence electrons. The van der Waals surface area contributed by atoms with Crippen LogP contribution in [0.2, 0.25) is 0 Å². The molecule has 1 N–H and O–H groups in total. The highest BCUT2D eigenvalue weighted by atomic mass is 35.5. The minimum absolute atomic E-state index is 0. The molecule has 0 aromatic heterocycles. The van der Waals surface area contributed by atoms with E-state index in [0.717, 1.165) is 64.2 Å². The average Bonchev–Trinajstić information content (AvgIpc) is 2.88. The first-order valence-electron chi connectivity index (χ1n) is 12.8. The molecular formula is C27H41ClN4O3S. The van der Waals surface area contributed by atoms with Gasteiger partial charge in [-0.05, 0) is 67.8 Å². The minimum atomic E-state index is -3.33. The molecular weight excluding hydrogens is 496 g/mol. The normalized spacial score (nSPS) is 21.3. The number of nitrogens with one attached hydrogen (secondary N) is 1. The van der Waals surface area contributed by atoms with Crippen molar-refractivity contribution in [3.63, 3.8) is 0 Å². The second-order valence-electron chi connectivity index (χ2n) is 9.99. The number of nitrogens with zero attached hydrogens (tertiary/aromatic N) is 3. The lowest BCUT2D eigenvalue weighted by molar-refractivity contribution is 0.214. The smallest absolute Gasteiger partial charge is 0.279 e. The van der Waals surface area contributed by atoms with Gasteiger partial charge in [0, 0.05) is 46.3 Å². The lowest BCUT2D eigenvalue weighted by Crippen LogP contribution is -2.47. The van der Waals surface area contributed by atoms with Crippen LogP contribution < -0.4 is 14.4 Å². The molecule has 9 heteroatoms. The Labute approximate surface area is 223 Å². The Bertz CT molecular complexity index is 1050. The van der Waals surface area contributed by atoms with Crippen molar-refractivity contribution in [3.05, 3.63) is 48.5 Å². The van der Waals surface area contributed by atoms with Crippen LogP contribution in [0.4, 0.5) is 5.69 Å². The highest BCUT2D eigenvalue weighted by molar-refractivity contribution is 7.87. The monoisotopic (exact) mass is 536 g/mol. The molecule has 7 nitrogen and oxygen atoms in total. The number of anilines is 1. The summed E-state index contributed by atoms with van der Waals surface area (Å²) in [7, 11) is 1.57. The van der Waals surface area contributed by atoms with Gasteiger partial charge in [-0.15, -0.1) is 12.4 Å². The predicted octanol–water partition coefficient (Wildman–Crippen LogP) is 4.25. The molecule has 2 aliphatic rings. The standard InChI is InChI=1S/C27H40N4O3S.ClH/c1-29(2)35(32,33)28-25-12-9-22(10-13-25)15-16-30-17-19-31(20-18-30)26-14-11-24(21-27(26)34-3)23-7-5-4-6-8-23;/h4-8,11,14,21-22,25,28H,9-10,12-13,15-20H2,1-3H3;1H. The Morgan fingerprint density at radius 1 is 0.944 bits per heavy atom. The van der Waals surface area contributed by atoms with Crippen molar-refractivity contribution < 1.29 is 13.2 Å². The summed E-state index contributed by atoms with van der Waals surface area (Å²) in [5.41, 5.74) is 3.55. The van der Waals surface area contributed by atoms with Gasteiger partial charge in [0.1, 0.15) is 5.75 Å². The van der Waals surface area contributed by atoms with Crippen molar-refractivity contribution >= 4 is 28.3 Å². The molecule has 0 unspecified atom stereocenters. The van der Waals surface area contributed by atoms with Crippen molar-refractivity contribution in [2.24, 2.45) is 5.92 Å². The van der Waals surface area contributed by atoms with E-state index in [0.29, 0.717) is 5.92 Å². The van der Waals surface area contributed by atoms with E-state index in [9.17, 15) is 8.42 Å². The van der Waals surface area contributed by atoms with E-state index in [-0.39, 0.29) is 18.4 Å². The Balaban J connectivity index is 0.00000361. The molecule has 0 radical (unpaired) electrons. The largest absolute Gasteiger partial charge is 0.495 e. The lowest BCUT2D eigenvalue weighted by Gasteiger charge is -2.37. The third kappa shape index (κ3) is 7.35. The second kappa shape index (κ2) is 13.1. The first kappa shape index (κ1) is 28.7. The fourth-order valence-corrected chi connectivity index (χ4v) is 6.08. The maximum atomic E-state index is 12.1. The molecule has 1 aliphatic carbocycles. The molecule has 0 spiro atoms. The van der Waals surface area contributed by atoms with Crippen LogP contribution in [0.3, 0.4) is 0 Å². The van der Waals surface area contributed by atoms with Crippen LogP contribution in [0.15, 0.2) is 48.5 Å². The summed E-state index contributed by atoms with van der Waals surface area (Å²) in [5.74, 6) is 1.63. The Morgan fingerprint density at radius 3 is 2.22 bits per heavy atom. The zero-order chi connectivity index (χ0) is 24.8. The van der Waals surface area contributed by atoms with Gasteiger partial charge in [-0.25, -0.2) is 0 Å². The number of hydrogen-bond acceptors (Lipinski definition) is 5. The number of ether oxygens (including phenoxy) is 1. The molecule has 2 fully saturated rings. The van der Waals surface area contributed by atoms with E-state index in [1.807, 2.05) is 6.07 Å². The van der Waals surface area contributed by atoms with Crippen LogP contribution in [-0.4, -0.2) is 77.6 Å². The molecule has 1 heterocycles. The number of hydrogen-bond donors (Lipinski definition) is 1. The maximum absolute atomic E-state index is 12.1. The number of rotatable bonds is 9. The molecule has 0 amide bonds. The zero-order valence-corrected chi connectivity index (χ0v) is 23.4. The van der Waals surface area contributed by atoms with Gasteiger partial charge in [0.05, 0.1) is 12.8 Å². The van der Waals surface area contributed by atoms with Crippen LogP contribution >= 0.6 is 12.4 Å². The summed E-state index contributed by atoms with van der Waals surface area (Å²) in [6, 6.07) is 17.0. The van der Waals surface area contributed by atoms with E-state index >= 15 is 0 Å². The molecule has 0 bridgehead atoms. The fraction of sp³-hybridized carbons (Fsp3) is 0.556. The number of benzene rings is 2. The van der Waals surface area contributed by atoms with E-state index in [2.05, 4.69) is 57.0 Å². The fourth-order valence-electron chi connectivity index (χ4n) is 5.21. The molecule has 1 aliphatic heterocycles.